The Bertz CT molecular complexity index is 1070. The molecule has 2 aromatic rings. The molecule has 0 aromatic heterocycles. The number of aryl methyl sites for hydroxylation is 1. The van der Waals surface area contributed by atoms with Crippen LogP contribution in [0, 0.1) is 6.92 Å². The minimum atomic E-state index is -3.85. The van der Waals surface area contributed by atoms with Gasteiger partial charge in [-0.05, 0) is 56.5 Å². The number of methoxy groups -OCH3 is 1. The molecule has 0 saturated carbocycles. The number of carbonyl (C=O) groups is 2. The van der Waals surface area contributed by atoms with E-state index in [-0.39, 0.29) is 29.4 Å². The van der Waals surface area contributed by atoms with E-state index in [4.69, 9.17) is 14.7 Å². The van der Waals surface area contributed by atoms with Gasteiger partial charge in [0.15, 0.2) is 0 Å². The molecule has 2 aromatic carbocycles. The second kappa shape index (κ2) is 11.6. The lowest BCUT2D eigenvalue weighted by atomic mass is 9.94. The van der Waals surface area contributed by atoms with E-state index in [9.17, 15) is 18.0 Å². The van der Waals surface area contributed by atoms with Crippen LogP contribution in [0.5, 0.6) is 5.75 Å². The number of carbonyl (C=O) groups excluding carboxylic acids is 2. The molecule has 2 rings (SSSR count). The van der Waals surface area contributed by atoms with Crippen LogP contribution >= 0.6 is 0 Å². The van der Waals surface area contributed by atoms with Gasteiger partial charge in [0.1, 0.15) is 5.75 Å². The minimum Gasteiger partial charge on any atom is -0.496 e. The summed E-state index contributed by atoms with van der Waals surface area (Å²) in [6.07, 6.45) is 1.20. The monoisotopic (exact) mass is 464 g/mol. The molecular weight excluding hydrogens is 436 g/mol. The molecule has 0 spiro atoms. The Morgan fingerprint density at radius 3 is 2.53 bits per heavy atom. The second-order valence-corrected chi connectivity index (χ2v) is 8.73. The summed E-state index contributed by atoms with van der Waals surface area (Å²) in [5, 5.41) is 9.10. The molecule has 0 aliphatic heterocycles. The normalized spacial score (nSPS) is 11.1. The fraction of sp³-hybridized carbons (Fsp3) is 0.364. The van der Waals surface area contributed by atoms with E-state index in [1.54, 1.807) is 31.5 Å². The van der Waals surface area contributed by atoms with Gasteiger partial charge in [-0.3, -0.25) is 14.8 Å². The maximum absolute atomic E-state index is 12.8. The second-order valence-electron chi connectivity index (χ2n) is 6.96. The van der Waals surface area contributed by atoms with Gasteiger partial charge in [0, 0.05) is 29.7 Å². The first kappa shape index (κ1) is 25.3. The van der Waals surface area contributed by atoms with Crippen LogP contribution in [-0.4, -0.2) is 45.8 Å². The van der Waals surface area contributed by atoms with E-state index in [0.29, 0.717) is 41.9 Å². The van der Waals surface area contributed by atoms with Crippen molar-refractivity contribution in [1.29, 1.82) is 0 Å². The van der Waals surface area contributed by atoms with Gasteiger partial charge in [-0.25, -0.2) is 18.6 Å². The summed E-state index contributed by atoms with van der Waals surface area (Å²) in [4.78, 5) is 23.5. The zero-order valence-corrected chi connectivity index (χ0v) is 19.1. The molecule has 0 unspecified atom stereocenters. The van der Waals surface area contributed by atoms with Gasteiger partial charge in [0.25, 0.3) is 5.91 Å². The highest BCUT2D eigenvalue weighted by molar-refractivity contribution is 7.89. The van der Waals surface area contributed by atoms with Crippen molar-refractivity contribution in [3.05, 3.63) is 47.5 Å². The van der Waals surface area contributed by atoms with Crippen molar-refractivity contribution >= 4 is 21.9 Å². The number of ether oxygens (including phenoxy) is 2. The van der Waals surface area contributed by atoms with Crippen molar-refractivity contribution in [2.45, 2.75) is 38.0 Å². The van der Waals surface area contributed by atoms with E-state index in [1.807, 2.05) is 0 Å². The molecule has 0 heterocycles. The van der Waals surface area contributed by atoms with Crippen LogP contribution in [0.4, 0.5) is 0 Å². The number of unbranched alkanes of at least 4 members (excludes halogenated alkanes) is 1. The van der Waals surface area contributed by atoms with Gasteiger partial charge in [0.2, 0.25) is 10.0 Å². The van der Waals surface area contributed by atoms with Crippen LogP contribution in [0.2, 0.25) is 0 Å². The SMILES string of the molecule is CCOC(=O)CCCCNS(=O)(=O)c1ccc(OC)c(-c2c(C)cccc2C(=O)NO)c1. The molecule has 0 bridgehead atoms. The fourth-order valence-corrected chi connectivity index (χ4v) is 4.34. The average Bonchev–Trinajstić information content (AvgIpc) is 2.77. The quantitative estimate of drug-likeness (QED) is 0.202. The van der Waals surface area contributed by atoms with Gasteiger partial charge >= 0.3 is 5.97 Å². The Labute approximate surface area is 187 Å². The number of amides is 1. The van der Waals surface area contributed by atoms with Crippen LogP contribution in [0.1, 0.15) is 42.1 Å². The van der Waals surface area contributed by atoms with Crippen molar-refractivity contribution in [2.24, 2.45) is 0 Å². The lowest BCUT2D eigenvalue weighted by Crippen LogP contribution is -2.25. The summed E-state index contributed by atoms with van der Waals surface area (Å²) < 4.78 is 38.4. The van der Waals surface area contributed by atoms with E-state index in [1.165, 1.54) is 31.4 Å². The maximum Gasteiger partial charge on any atom is 0.305 e. The van der Waals surface area contributed by atoms with Crippen LogP contribution < -0.4 is 14.9 Å². The molecule has 0 saturated heterocycles. The Morgan fingerprint density at radius 1 is 1.12 bits per heavy atom. The van der Waals surface area contributed by atoms with Crippen LogP contribution in [0.15, 0.2) is 41.3 Å². The molecule has 0 aliphatic rings. The highest BCUT2D eigenvalue weighted by Gasteiger charge is 2.21. The van der Waals surface area contributed by atoms with Gasteiger partial charge in [0.05, 0.1) is 18.6 Å². The van der Waals surface area contributed by atoms with Crippen molar-refractivity contribution in [1.82, 2.24) is 10.2 Å². The molecule has 10 heteroatoms. The van der Waals surface area contributed by atoms with Crippen molar-refractivity contribution < 1.29 is 32.7 Å². The molecule has 1 amide bonds. The molecule has 0 aliphatic carbocycles. The first-order valence-corrected chi connectivity index (χ1v) is 11.6. The van der Waals surface area contributed by atoms with Crippen molar-refractivity contribution in [3.8, 4) is 16.9 Å². The maximum atomic E-state index is 12.8. The summed E-state index contributed by atoms with van der Waals surface area (Å²) in [5.74, 6) is -0.658. The number of benzene rings is 2. The number of hydrogen-bond donors (Lipinski definition) is 3. The van der Waals surface area contributed by atoms with Gasteiger partial charge in [-0.1, -0.05) is 12.1 Å². The predicted molar refractivity (Wildman–Crippen MR) is 118 cm³/mol. The third-order valence-electron chi connectivity index (χ3n) is 4.77. The Balaban J connectivity index is 2.29. The molecule has 0 fully saturated rings. The van der Waals surface area contributed by atoms with Crippen molar-refractivity contribution in [2.75, 3.05) is 20.3 Å². The van der Waals surface area contributed by atoms with Crippen LogP contribution in [0.3, 0.4) is 0 Å². The van der Waals surface area contributed by atoms with Crippen LogP contribution in [0.25, 0.3) is 11.1 Å². The average molecular weight is 465 g/mol. The van der Waals surface area contributed by atoms with Crippen molar-refractivity contribution in [3.63, 3.8) is 0 Å². The number of sulfonamides is 1. The number of hydroxylamine groups is 1. The smallest absolute Gasteiger partial charge is 0.305 e. The third-order valence-corrected chi connectivity index (χ3v) is 6.23. The summed E-state index contributed by atoms with van der Waals surface area (Å²) in [6.45, 7) is 3.97. The van der Waals surface area contributed by atoms with Crippen LogP contribution in [-0.2, 0) is 19.6 Å². The van der Waals surface area contributed by atoms with E-state index >= 15 is 0 Å². The molecule has 0 radical (unpaired) electrons. The first-order valence-electron chi connectivity index (χ1n) is 10.1. The Morgan fingerprint density at radius 2 is 1.88 bits per heavy atom. The van der Waals surface area contributed by atoms with E-state index in [0.717, 1.165) is 0 Å². The lowest BCUT2D eigenvalue weighted by molar-refractivity contribution is -0.143. The standard InChI is InChI=1S/C22H28N2O7S/c1-4-31-20(25)10-5-6-13-23-32(28,29)16-11-12-19(30-3)18(14-16)21-15(2)8-7-9-17(21)22(26)24-27/h7-9,11-12,14,23,27H,4-6,10,13H2,1-3H3,(H,24,26). The number of rotatable bonds is 11. The first-order chi connectivity index (χ1) is 15.2. The third kappa shape index (κ3) is 6.28. The number of esters is 1. The fourth-order valence-electron chi connectivity index (χ4n) is 3.24. The van der Waals surface area contributed by atoms with Gasteiger partial charge < -0.3 is 9.47 Å². The topological polar surface area (TPSA) is 131 Å². The molecule has 0 atom stereocenters. The Hall–Kier alpha value is -2.95. The zero-order valence-electron chi connectivity index (χ0n) is 18.3. The number of nitrogens with one attached hydrogen (secondary N) is 2. The highest BCUT2D eigenvalue weighted by Crippen LogP contribution is 2.36. The summed E-state index contributed by atoms with van der Waals surface area (Å²) in [7, 11) is -2.41. The number of hydrogen-bond acceptors (Lipinski definition) is 7. The summed E-state index contributed by atoms with van der Waals surface area (Å²) >= 11 is 0. The minimum absolute atomic E-state index is 0.00250. The largest absolute Gasteiger partial charge is 0.496 e. The predicted octanol–water partition coefficient (Wildman–Crippen LogP) is 2.80. The zero-order chi connectivity index (χ0) is 23.7. The van der Waals surface area contributed by atoms with E-state index < -0.39 is 15.9 Å². The molecule has 174 valence electrons. The Kier molecular flexibility index (Phi) is 9.18. The lowest BCUT2D eigenvalue weighted by Gasteiger charge is -2.16. The molecule has 32 heavy (non-hydrogen) atoms. The van der Waals surface area contributed by atoms with Gasteiger partial charge in [-0.15, -0.1) is 0 Å². The molecule has 9 nitrogen and oxygen atoms in total. The van der Waals surface area contributed by atoms with Gasteiger partial charge in [-0.2, -0.15) is 0 Å². The summed E-state index contributed by atoms with van der Waals surface area (Å²) in [6, 6.07) is 9.30. The molecule has 3 N–H and O–H groups in total. The van der Waals surface area contributed by atoms with E-state index in [2.05, 4.69) is 4.72 Å². The highest BCUT2D eigenvalue weighted by atomic mass is 32.2. The summed E-state index contributed by atoms with van der Waals surface area (Å²) in [5.41, 5.74) is 3.33. The molecular formula is C22H28N2O7S.